The van der Waals surface area contributed by atoms with Gasteiger partial charge in [0.2, 0.25) is 5.91 Å². The Morgan fingerprint density at radius 2 is 2.00 bits per heavy atom. The lowest BCUT2D eigenvalue weighted by atomic mass is 10.1. The number of hydrogen-bond acceptors (Lipinski definition) is 4. The van der Waals surface area contributed by atoms with Crippen LogP contribution >= 0.6 is 23.4 Å². The number of carbonyl (C=O) groups is 2. The SMILES string of the molecule is CN(CCOc1cccc(Cl)c1)C(=O)[C@@H]1CSCN1C(=O)c1ccccc1. The van der Waals surface area contributed by atoms with E-state index in [2.05, 4.69) is 0 Å². The Kier molecular flexibility index (Phi) is 6.63. The molecule has 0 radical (unpaired) electrons. The molecule has 3 rings (SSSR count). The summed E-state index contributed by atoms with van der Waals surface area (Å²) in [5, 5.41) is 0.606. The molecule has 1 heterocycles. The molecule has 2 amide bonds. The number of rotatable bonds is 6. The van der Waals surface area contributed by atoms with Crippen molar-refractivity contribution in [3.63, 3.8) is 0 Å². The lowest BCUT2D eigenvalue weighted by Crippen LogP contribution is -2.48. The topological polar surface area (TPSA) is 49.9 Å². The minimum absolute atomic E-state index is 0.0704. The number of thioether (sulfide) groups is 1. The molecule has 0 saturated carbocycles. The summed E-state index contributed by atoms with van der Waals surface area (Å²) >= 11 is 7.53. The second-order valence-corrected chi connectivity index (χ2v) is 7.66. The van der Waals surface area contributed by atoms with Gasteiger partial charge in [-0.1, -0.05) is 35.9 Å². The zero-order chi connectivity index (χ0) is 19.2. The van der Waals surface area contributed by atoms with E-state index in [9.17, 15) is 9.59 Å². The van der Waals surface area contributed by atoms with Crippen molar-refractivity contribution in [3.05, 3.63) is 65.2 Å². The van der Waals surface area contributed by atoms with E-state index in [-0.39, 0.29) is 11.8 Å². The Balaban J connectivity index is 1.56. The highest BCUT2D eigenvalue weighted by Crippen LogP contribution is 2.24. The van der Waals surface area contributed by atoms with E-state index in [0.717, 1.165) is 0 Å². The number of ether oxygens (including phenoxy) is 1. The third-order valence-electron chi connectivity index (χ3n) is 4.32. The van der Waals surface area contributed by atoms with E-state index in [1.165, 1.54) is 0 Å². The summed E-state index contributed by atoms with van der Waals surface area (Å²) < 4.78 is 5.65. The normalized spacial score (nSPS) is 16.2. The molecular weight excluding hydrogens is 384 g/mol. The van der Waals surface area contributed by atoms with Gasteiger partial charge in [-0.05, 0) is 30.3 Å². The van der Waals surface area contributed by atoms with Gasteiger partial charge >= 0.3 is 0 Å². The summed E-state index contributed by atoms with van der Waals surface area (Å²) in [6, 6.07) is 15.8. The van der Waals surface area contributed by atoms with E-state index in [1.54, 1.807) is 52.9 Å². The summed E-state index contributed by atoms with van der Waals surface area (Å²) in [5.41, 5.74) is 0.602. The van der Waals surface area contributed by atoms with Gasteiger partial charge in [0.1, 0.15) is 18.4 Å². The number of amides is 2. The standard InChI is InChI=1S/C20H21ClN2O3S/c1-22(10-11-26-17-9-5-8-16(21)12-17)20(25)18-13-27-14-23(18)19(24)15-6-3-2-4-7-15/h2-9,12,18H,10-11,13-14H2,1H3/t18-/m0/s1. The van der Waals surface area contributed by atoms with E-state index < -0.39 is 6.04 Å². The summed E-state index contributed by atoms with van der Waals surface area (Å²) in [5.74, 6) is 1.62. The van der Waals surface area contributed by atoms with Gasteiger partial charge in [0.05, 0.1) is 12.4 Å². The molecule has 2 aromatic carbocycles. The molecule has 0 N–H and O–H groups in total. The average molecular weight is 405 g/mol. The van der Waals surface area contributed by atoms with Crippen LogP contribution in [0.15, 0.2) is 54.6 Å². The predicted octanol–water partition coefficient (Wildman–Crippen LogP) is 3.39. The summed E-state index contributed by atoms with van der Waals surface area (Å²) in [6.07, 6.45) is 0. The average Bonchev–Trinajstić information content (AvgIpc) is 3.17. The highest BCUT2D eigenvalue weighted by molar-refractivity contribution is 7.99. The van der Waals surface area contributed by atoms with Crippen molar-refractivity contribution >= 4 is 35.2 Å². The first-order chi connectivity index (χ1) is 13.1. The van der Waals surface area contributed by atoms with E-state index in [0.29, 0.717) is 41.1 Å². The van der Waals surface area contributed by atoms with E-state index in [1.807, 2.05) is 30.3 Å². The number of carbonyl (C=O) groups excluding carboxylic acids is 2. The van der Waals surface area contributed by atoms with Crippen LogP contribution in [-0.2, 0) is 4.79 Å². The van der Waals surface area contributed by atoms with Crippen molar-refractivity contribution in [3.8, 4) is 5.75 Å². The predicted molar refractivity (Wildman–Crippen MR) is 108 cm³/mol. The van der Waals surface area contributed by atoms with Crippen LogP contribution in [0.3, 0.4) is 0 Å². The first-order valence-electron chi connectivity index (χ1n) is 8.63. The molecule has 0 unspecified atom stereocenters. The van der Waals surface area contributed by atoms with Gasteiger partial charge in [0.25, 0.3) is 5.91 Å². The first kappa shape index (κ1) is 19.6. The maximum absolute atomic E-state index is 12.8. The molecule has 0 aromatic heterocycles. The Morgan fingerprint density at radius 3 is 2.74 bits per heavy atom. The Labute approximate surface area is 168 Å². The highest BCUT2D eigenvalue weighted by atomic mass is 35.5. The third-order valence-corrected chi connectivity index (χ3v) is 5.56. The maximum Gasteiger partial charge on any atom is 0.255 e. The molecule has 0 spiro atoms. The Bertz CT molecular complexity index is 803. The molecule has 1 saturated heterocycles. The van der Waals surface area contributed by atoms with Crippen molar-refractivity contribution in [2.75, 3.05) is 31.8 Å². The van der Waals surface area contributed by atoms with Crippen LogP contribution in [0.4, 0.5) is 0 Å². The van der Waals surface area contributed by atoms with Gasteiger partial charge in [-0.2, -0.15) is 0 Å². The Hall–Kier alpha value is -2.18. The second kappa shape index (κ2) is 9.15. The second-order valence-electron chi connectivity index (χ2n) is 6.22. The molecule has 27 heavy (non-hydrogen) atoms. The third kappa shape index (κ3) is 4.96. The maximum atomic E-state index is 12.8. The zero-order valence-corrected chi connectivity index (χ0v) is 16.6. The summed E-state index contributed by atoms with van der Waals surface area (Å²) in [7, 11) is 1.73. The molecule has 1 aliphatic heterocycles. The van der Waals surface area contributed by atoms with Crippen LogP contribution in [0.5, 0.6) is 5.75 Å². The van der Waals surface area contributed by atoms with Crippen molar-refractivity contribution in [2.45, 2.75) is 6.04 Å². The van der Waals surface area contributed by atoms with Crippen molar-refractivity contribution in [2.24, 2.45) is 0 Å². The zero-order valence-electron chi connectivity index (χ0n) is 15.0. The smallest absolute Gasteiger partial charge is 0.255 e. The quantitative estimate of drug-likeness (QED) is 0.740. The number of likely N-dealkylation sites (N-methyl/N-ethyl adjacent to an activating group) is 1. The minimum atomic E-state index is -0.445. The summed E-state index contributed by atoms with van der Waals surface area (Å²) in [6.45, 7) is 0.787. The number of nitrogens with zero attached hydrogens (tertiary/aromatic N) is 2. The first-order valence-corrected chi connectivity index (χ1v) is 10.2. The number of halogens is 1. The molecule has 1 fully saturated rings. The number of benzene rings is 2. The van der Waals surface area contributed by atoms with Crippen LogP contribution < -0.4 is 4.74 Å². The molecular formula is C20H21ClN2O3S. The van der Waals surface area contributed by atoms with Gasteiger partial charge in [-0.3, -0.25) is 9.59 Å². The fourth-order valence-corrected chi connectivity index (χ4v) is 4.14. The highest BCUT2D eigenvalue weighted by Gasteiger charge is 2.36. The molecule has 142 valence electrons. The summed E-state index contributed by atoms with van der Waals surface area (Å²) in [4.78, 5) is 28.8. The lowest BCUT2D eigenvalue weighted by Gasteiger charge is -2.27. The van der Waals surface area contributed by atoms with Gasteiger partial charge in [0.15, 0.2) is 0 Å². The van der Waals surface area contributed by atoms with Gasteiger partial charge in [-0.15, -0.1) is 11.8 Å². The van der Waals surface area contributed by atoms with Crippen molar-refractivity contribution < 1.29 is 14.3 Å². The fraction of sp³-hybridized carbons (Fsp3) is 0.300. The van der Waals surface area contributed by atoms with Crippen molar-refractivity contribution in [1.29, 1.82) is 0 Å². The van der Waals surface area contributed by atoms with E-state index in [4.69, 9.17) is 16.3 Å². The largest absolute Gasteiger partial charge is 0.492 e. The molecule has 7 heteroatoms. The van der Waals surface area contributed by atoms with Crippen LogP contribution in [0.2, 0.25) is 5.02 Å². The minimum Gasteiger partial charge on any atom is -0.492 e. The monoisotopic (exact) mass is 404 g/mol. The van der Waals surface area contributed by atoms with Crippen LogP contribution in [0, 0.1) is 0 Å². The molecule has 0 aliphatic carbocycles. The van der Waals surface area contributed by atoms with Gasteiger partial charge in [-0.25, -0.2) is 0 Å². The fourth-order valence-electron chi connectivity index (χ4n) is 2.82. The molecule has 5 nitrogen and oxygen atoms in total. The number of hydrogen-bond donors (Lipinski definition) is 0. The lowest BCUT2D eigenvalue weighted by molar-refractivity contribution is -0.133. The molecule has 1 atom stereocenters. The van der Waals surface area contributed by atoms with Gasteiger partial charge in [0, 0.05) is 23.4 Å². The molecule has 2 aromatic rings. The Morgan fingerprint density at radius 1 is 1.22 bits per heavy atom. The van der Waals surface area contributed by atoms with Crippen molar-refractivity contribution in [1.82, 2.24) is 9.80 Å². The molecule has 0 bridgehead atoms. The van der Waals surface area contributed by atoms with E-state index >= 15 is 0 Å². The van der Waals surface area contributed by atoms with Crippen LogP contribution in [-0.4, -0.2) is 59.5 Å². The van der Waals surface area contributed by atoms with Crippen LogP contribution in [0.25, 0.3) is 0 Å². The van der Waals surface area contributed by atoms with Crippen LogP contribution in [0.1, 0.15) is 10.4 Å². The molecule has 1 aliphatic rings. The van der Waals surface area contributed by atoms with Gasteiger partial charge < -0.3 is 14.5 Å².